The predicted octanol–water partition coefficient (Wildman–Crippen LogP) is 3.72. The number of carbonyl (C=O) groups is 1. The van der Waals surface area contributed by atoms with E-state index in [2.05, 4.69) is 15.5 Å². The standard InChI is InChI=1S/C19H19N3O4S2/c1-3-28(24,25)15-10-8-14(9-11-15)21-19(23)16-6-4-5-7-17(16)27-12-18-20-13(2)22-26-18/h4-11H,3,12H2,1-2H3,(H,21,23). The number of hydrogen-bond donors (Lipinski definition) is 1. The van der Waals surface area contributed by atoms with Gasteiger partial charge in [-0.1, -0.05) is 24.2 Å². The molecule has 0 unspecified atom stereocenters. The highest BCUT2D eigenvalue weighted by Crippen LogP contribution is 2.26. The normalized spacial score (nSPS) is 11.4. The zero-order chi connectivity index (χ0) is 20.1. The van der Waals surface area contributed by atoms with Crippen LogP contribution in [-0.2, 0) is 15.6 Å². The molecule has 28 heavy (non-hydrogen) atoms. The van der Waals surface area contributed by atoms with Gasteiger partial charge in [-0.3, -0.25) is 4.79 Å². The Kier molecular flexibility index (Phi) is 6.15. The van der Waals surface area contributed by atoms with Gasteiger partial charge >= 0.3 is 0 Å². The molecule has 3 rings (SSSR count). The molecule has 0 aliphatic heterocycles. The third-order valence-electron chi connectivity index (χ3n) is 3.90. The van der Waals surface area contributed by atoms with E-state index in [1.807, 2.05) is 12.1 Å². The molecule has 0 saturated heterocycles. The molecule has 1 aromatic heterocycles. The van der Waals surface area contributed by atoms with E-state index in [1.165, 1.54) is 23.9 Å². The number of nitrogens with zero attached hydrogens (tertiary/aromatic N) is 2. The summed E-state index contributed by atoms with van der Waals surface area (Å²) in [6, 6.07) is 13.4. The lowest BCUT2D eigenvalue weighted by Gasteiger charge is -2.10. The van der Waals surface area contributed by atoms with Gasteiger partial charge in [0.15, 0.2) is 15.7 Å². The molecule has 0 atom stereocenters. The van der Waals surface area contributed by atoms with Gasteiger partial charge in [0, 0.05) is 10.6 Å². The van der Waals surface area contributed by atoms with Gasteiger partial charge in [0.25, 0.3) is 5.91 Å². The van der Waals surface area contributed by atoms with Crippen molar-refractivity contribution in [1.82, 2.24) is 10.1 Å². The zero-order valence-corrected chi connectivity index (χ0v) is 17.0. The number of rotatable bonds is 7. The minimum Gasteiger partial charge on any atom is -0.338 e. The van der Waals surface area contributed by atoms with E-state index in [0.717, 1.165) is 4.90 Å². The fraction of sp³-hybridized carbons (Fsp3) is 0.211. The summed E-state index contributed by atoms with van der Waals surface area (Å²) < 4.78 is 28.9. The average Bonchev–Trinajstić information content (AvgIpc) is 3.12. The first-order chi connectivity index (χ1) is 13.4. The van der Waals surface area contributed by atoms with E-state index in [4.69, 9.17) is 4.52 Å². The Hall–Kier alpha value is -2.65. The molecule has 0 aliphatic carbocycles. The molecule has 0 aliphatic rings. The Labute approximate surface area is 167 Å². The lowest BCUT2D eigenvalue weighted by atomic mass is 10.2. The third kappa shape index (κ3) is 4.79. The van der Waals surface area contributed by atoms with Crippen LogP contribution in [0.4, 0.5) is 5.69 Å². The van der Waals surface area contributed by atoms with Gasteiger partial charge in [-0.05, 0) is 43.3 Å². The van der Waals surface area contributed by atoms with Crippen molar-refractivity contribution in [3.05, 3.63) is 65.8 Å². The van der Waals surface area contributed by atoms with Gasteiger partial charge in [0.2, 0.25) is 5.89 Å². The molecule has 7 nitrogen and oxygen atoms in total. The minimum atomic E-state index is -3.27. The van der Waals surface area contributed by atoms with Crippen molar-refractivity contribution in [1.29, 1.82) is 0 Å². The number of benzene rings is 2. The second-order valence-corrected chi connectivity index (χ2v) is 9.20. The van der Waals surface area contributed by atoms with E-state index in [9.17, 15) is 13.2 Å². The molecule has 0 bridgehead atoms. The van der Waals surface area contributed by atoms with Crippen molar-refractivity contribution in [3.63, 3.8) is 0 Å². The molecule has 1 amide bonds. The molecular weight excluding hydrogens is 398 g/mol. The Morgan fingerprint density at radius 1 is 1.14 bits per heavy atom. The second kappa shape index (κ2) is 8.57. The number of carbonyl (C=O) groups excluding carboxylic acids is 1. The van der Waals surface area contributed by atoms with Crippen molar-refractivity contribution >= 4 is 33.2 Å². The number of aryl methyl sites for hydroxylation is 1. The molecular formula is C19H19N3O4S2. The number of hydrogen-bond acceptors (Lipinski definition) is 7. The maximum absolute atomic E-state index is 12.7. The molecule has 146 valence electrons. The van der Waals surface area contributed by atoms with Crippen molar-refractivity contribution < 1.29 is 17.7 Å². The largest absolute Gasteiger partial charge is 0.338 e. The first kappa shape index (κ1) is 20.1. The van der Waals surface area contributed by atoms with Crippen molar-refractivity contribution in [2.75, 3.05) is 11.1 Å². The molecule has 2 aromatic carbocycles. The topological polar surface area (TPSA) is 102 Å². The van der Waals surface area contributed by atoms with Crippen LogP contribution in [0.1, 0.15) is 29.0 Å². The zero-order valence-electron chi connectivity index (χ0n) is 15.4. The summed E-state index contributed by atoms with van der Waals surface area (Å²) in [5.74, 6) is 1.26. The highest BCUT2D eigenvalue weighted by atomic mass is 32.2. The molecule has 1 N–H and O–H groups in total. The molecule has 0 radical (unpaired) electrons. The lowest BCUT2D eigenvalue weighted by molar-refractivity contribution is 0.102. The summed E-state index contributed by atoms with van der Waals surface area (Å²) in [7, 11) is -3.27. The Morgan fingerprint density at radius 2 is 1.86 bits per heavy atom. The first-order valence-electron chi connectivity index (χ1n) is 8.54. The second-order valence-electron chi connectivity index (χ2n) is 5.90. The summed E-state index contributed by atoms with van der Waals surface area (Å²) in [5.41, 5.74) is 1.03. The van der Waals surface area contributed by atoms with Crippen molar-refractivity contribution in [2.24, 2.45) is 0 Å². The fourth-order valence-electron chi connectivity index (χ4n) is 2.43. The number of amides is 1. The number of thioether (sulfide) groups is 1. The van der Waals surface area contributed by atoms with Gasteiger partial charge < -0.3 is 9.84 Å². The maximum Gasteiger partial charge on any atom is 0.256 e. The van der Waals surface area contributed by atoms with Gasteiger partial charge in [-0.2, -0.15) is 4.98 Å². The van der Waals surface area contributed by atoms with Crippen LogP contribution in [0.3, 0.4) is 0 Å². The van der Waals surface area contributed by atoms with Gasteiger partial charge in [-0.15, -0.1) is 11.8 Å². The molecule has 0 fully saturated rings. The first-order valence-corrected chi connectivity index (χ1v) is 11.2. The Bertz CT molecular complexity index is 1080. The monoisotopic (exact) mass is 417 g/mol. The maximum atomic E-state index is 12.7. The number of anilines is 1. The molecule has 0 spiro atoms. The SMILES string of the molecule is CCS(=O)(=O)c1ccc(NC(=O)c2ccccc2SCc2nc(C)no2)cc1. The quantitative estimate of drug-likeness (QED) is 0.585. The molecule has 9 heteroatoms. The predicted molar refractivity (Wildman–Crippen MR) is 107 cm³/mol. The fourth-order valence-corrected chi connectivity index (χ4v) is 4.20. The van der Waals surface area contributed by atoms with Crippen LogP contribution >= 0.6 is 11.8 Å². The number of aromatic nitrogens is 2. The van der Waals surface area contributed by atoms with Crippen LogP contribution in [0.2, 0.25) is 0 Å². The lowest BCUT2D eigenvalue weighted by Crippen LogP contribution is -2.13. The molecule has 1 heterocycles. The summed E-state index contributed by atoms with van der Waals surface area (Å²) >= 11 is 1.42. The highest BCUT2D eigenvalue weighted by molar-refractivity contribution is 7.98. The summed E-state index contributed by atoms with van der Waals surface area (Å²) in [4.78, 5) is 17.9. The smallest absolute Gasteiger partial charge is 0.256 e. The minimum absolute atomic E-state index is 0.0306. The summed E-state index contributed by atoms with van der Waals surface area (Å²) in [5, 5.41) is 6.55. The van der Waals surface area contributed by atoms with E-state index < -0.39 is 9.84 Å². The van der Waals surface area contributed by atoms with Crippen LogP contribution in [0, 0.1) is 6.92 Å². The van der Waals surface area contributed by atoms with Gasteiger partial charge in [-0.25, -0.2) is 8.42 Å². The van der Waals surface area contributed by atoms with Gasteiger partial charge in [0.1, 0.15) is 0 Å². The molecule has 3 aromatic rings. The molecule has 0 saturated carbocycles. The van der Waals surface area contributed by atoms with Crippen LogP contribution in [0.5, 0.6) is 0 Å². The van der Waals surface area contributed by atoms with Crippen LogP contribution in [0.25, 0.3) is 0 Å². The summed E-state index contributed by atoms with van der Waals surface area (Å²) in [6.45, 7) is 3.34. The van der Waals surface area contributed by atoms with E-state index in [0.29, 0.717) is 28.7 Å². The van der Waals surface area contributed by atoms with E-state index in [-0.39, 0.29) is 16.6 Å². The highest BCUT2D eigenvalue weighted by Gasteiger charge is 2.15. The third-order valence-corrected chi connectivity index (χ3v) is 6.71. The number of nitrogens with one attached hydrogen (secondary N) is 1. The van der Waals surface area contributed by atoms with Crippen molar-refractivity contribution in [3.8, 4) is 0 Å². The van der Waals surface area contributed by atoms with Gasteiger partial charge in [0.05, 0.1) is 22.0 Å². The van der Waals surface area contributed by atoms with E-state index >= 15 is 0 Å². The van der Waals surface area contributed by atoms with Crippen molar-refractivity contribution in [2.45, 2.75) is 29.4 Å². The van der Waals surface area contributed by atoms with E-state index in [1.54, 1.807) is 38.1 Å². The van der Waals surface area contributed by atoms with Crippen LogP contribution < -0.4 is 5.32 Å². The van der Waals surface area contributed by atoms with Crippen LogP contribution in [-0.4, -0.2) is 30.2 Å². The van der Waals surface area contributed by atoms with Crippen LogP contribution in [0.15, 0.2) is 62.8 Å². The average molecular weight is 418 g/mol. The Morgan fingerprint density at radius 3 is 2.50 bits per heavy atom. The summed E-state index contributed by atoms with van der Waals surface area (Å²) in [6.07, 6.45) is 0. The number of sulfone groups is 1. The Balaban J connectivity index is 1.72.